The lowest BCUT2D eigenvalue weighted by Crippen LogP contribution is -2.42. The van der Waals surface area contributed by atoms with Crippen molar-refractivity contribution in [1.29, 1.82) is 0 Å². The molecule has 0 fully saturated rings. The van der Waals surface area contributed by atoms with Crippen LogP contribution in [0.5, 0.6) is 0 Å². The van der Waals surface area contributed by atoms with Crippen molar-refractivity contribution in [2.24, 2.45) is 22.7 Å². The van der Waals surface area contributed by atoms with Crippen LogP contribution in [-0.4, -0.2) is 0 Å². The van der Waals surface area contributed by atoms with Gasteiger partial charge in [0, 0.05) is 0 Å². The highest BCUT2D eigenvalue weighted by Gasteiger charge is 2.44. The first kappa shape index (κ1) is 11.6. The summed E-state index contributed by atoms with van der Waals surface area (Å²) < 4.78 is 0. The van der Waals surface area contributed by atoms with Gasteiger partial charge in [-0.05, 0) is 22.7 Å². The zero-order valence-corrected chi connectivity index (χ0v) is 10.5. The average Bonchev–Trinajstić information content (AvgIpc) is 2.09. The van der Waals surface area contributed by atoms with Gasteiger partial charge in [-0.15, -0.1) is 0 Å². The molecule has 0 aromatic carbocycles. The molecule has 80 valence electrons. The van der Waals surface area contributed by atoms with Crippen molar-refractivity contribution in [3.05, 3.63) is 24.3 Å². The molecule has 1 aliphatic carbocycles. The molecule has 0 N–H and O–H groups in total. The van der Waals surface area contributed by atoms with Crippen molar-refractivity contribution in [3.8, 4) is 0 Å². The largest absolute Gasteiger partial charge is 0.0808 e. The van der Waals surface area contributed by atoms with Crippen molar-refractivity contribution < 1.29 is 0 Å². The summed E-state index contributed by atoms with van der Waals surface area (Å²) in [6.07, 6.45) is 9.08. The highest BCUT2D eigenvalue weighted by Crippen LogP contribution is 2.51. The molecule has 0 spiro atoms. The number of allylic oxidation sites excluding steroid dienone is 4. The van der Waals surface area contributed by atoms with Gasteiger partial charge in [0.15, 0.2) is 0 Å². The van der Waals surface area contributed by atoms with E-state index >= 15 is 0 Å². The van der Waals surface area contributed by atoms with Crippen LogP contribution in [0.15, 0.2) is 24.3 Å². The minimum Gasteiger partial charge on any atom is -0.0808 e. The van der Waals surface area contributed by atoms with E-state index in [0.29, 0.717) is 17.3 Å². The Balaban J connectivity index is 3.06. The van der Waals surface area contributed by atoms with E-state index in [1.54, 1.807) is 0 Å². The highest BCUT2D eigenvalue weighted by atomic mass is 14.5. The molecule has 0 aliphatic heterocycles. The van der Waals surface area contributed by atoms with Gasteiger partial charge in [0.1, 0.15) is 0 Å². The van der Waals surface area contributed by atoms with E-state index in [9.17, 15) is 0 Å². The summed E-state index contributed by atoms with van der Waals surface area (Å²) in [5.41, 5.74) is 0.629. The van der Waals surface area contributed by atoms with Gasteiger partial charge in [0.25, 0.3) is 0 Å². The Kier molecular flexibility index (Phi) is 2.94. The average molecular weight is 192 g/mol. The molecule has 2 atom stereocenters. The lowest BCUT2D eigenvalue weighted by atomic mass is 9.55. The van der Waals surface area contributed by atoms with Crippen LogP contribution in [-0.2, 0) is 0 Å². The SMILES string of the molecule is CC(C)C(C)(C)C1(C)C=CC=CC1C. The van der Waals surface area contributed by atoms with Crippen molar-refractivity contribution >= 4 is 0 Å². The molecule has 2 unspecified atom stereocenters. The Morgan fingerprint density at radius 1 is 1.21 bits per heavy atom. The van der Waals surface area contributed by atoms with E-state index in [1.165, 1.54) is 0 Å². The normalized spacial score (nSPS) is 32.6. The molecule has 0 aromatic heterocycles. The minimum absolute atomic E-state index is 0.288. The summed E-state index contributed by atoms with van der Waals surface area (Å²) >= 11 is 0. The van der Waals surface area contributed by atoms with Crippen LogP contribution >= 0.6 is 0 Å². The van der Waals surface area contributed by atoms with Gasteiger partial charge in [-0.1, -0.05) is 65.8 Å². The monoisotopic (exact) mass is 192 g/mol. The van der Waals surface area contributed by atoms with E-state index < -0.39 is 0 Å². The van der Waals surface area contributed by atoms with Gasteiger partial charge in [-0.25, -0.2) is 0 Å². The zero-order valence-electron chi connectivity index (χ0n) is 10.5. The van der Waals surface area contributed by atoms with E-state index in [2.05, 4.69) is 65.8 Å². The summed E-state index contributed by atoms with van der Waals surface area (Å²) in [4.78, 5) is 0. The molecule has 0 saturated heterocycles. The summed E-state index contributed by atoms with van der Waals surface area (Å²) in [5.74, 6) is 1.33. The molecule has 0 radical (unpaired) electrons. The number of hydrogen-bond acceptors (Lipinski definition) is 0. The third kappa shape index (κ3) is 1.55. The van der Waals surface area contributed by atoms with Crippen molar-refractivity contribution in [2.45, 2.75) is 41.5 Å². The number of hydrogen-bond donors (Lipinski definition) is 0. The van der Waals surface area contributed by atoms with E-state index in [4.69, 9.17) is 0 Å². The Hall–Kier alpha value is -0.520. The zero-order chi connectivity index (χ0) is 11.0. The Bertz CT molecular complexity index is 255. The first-order chi connectivity index (χ1) is 6.32. The predicted octanol–water partition coefficient (Wildman–Crippen LogP) is 4.44. The van der Waals surface area contributed by atoms with Crippen LogP contribution in [0.4, 0.5) is 0 Å². The molecule has 0 nitrogen and oxygen atoms in total. The van der Waals surface area contributed by atoms with Crippen LogP contribution < -0.4 is 0 Å². The molecule has 1 rings (SSSR count). The van der Waals surface area contributed by atoms with Gasteiger partial charge < -0.3 is 0 Å². The van der Waals surface area contributed by atoms with Crippen LogP contribution in [0.2, 0.25) is 0 Å². The Labute approximate surface area is 89.1 Å². The first-order valence-electron chi connectivity index (χ1n) is 5.68. The van der Waals surface area contributed by atoms with Crippen LogP contribution in [0.25, 0.3) is 0 Å². The maximum atomic E-state index is 2.39. The lowest BCUT2D eigenvalue weighted by Gasteiger charge is -2.49. The third-order valence-corrected chi connectivity index (χ3v) is 4.73. The molecule has 14 heavy (non-hydrogen) atoms. The second-order valence-corrected chi connectivity index (χ2v) is 5.69. The minimum atomic E-state index is 0.288. The Morgan fingerprint density at radius 3 is 2.21 bits per heavy atom. The van der Waals surface area contributed by atoms with Gasteiger partial charge in [0.05, 0.1) is 0 Å². The Morgan fingerprint density at radius 2 is 1.79 bits per heavy atom. The van der Waals surface area contributed by atoms with Gasteiger partial charge in [-0.2, -0.15) is 0 Å². The van der Waals surface area contributed by atoms with Crippen LogP contribution in [0.3, 0.4) is 0 Å². The predicted molar refractivity (Wildman–Crippen MR) is 64.2 cm³/mol. The molecule has 0 heteroatoms. The standard InChI is InChI=1S/C14H24/c1-11(2)13(4,5)14(6)10-8-7-9-12(14)3/h7-12H,1-6H3. The van der Waals surface area contributed by atoms with E-state index in [-0.39, 0.29) is 5.41 Å². The second kappa shape index (κ2) is 3.56. The fraction of sp³-hybridized carbons (Fsp3) is 0.714. The summed E-state index contributed by atoms with van der Waals surface area (Å²) in [6.45, 7) is 14.1. The molecular weight excluding hydrogens is 168 g/mol. The topological polar surface area (TPSA) is 0 Å². The molecule has 0 bridgehead atoms. The number of rotatable bonds is 2. The smallest absolute Gasteiger partial charge is 0.00297 e. The third-order valence-electron chi connectivity index (χ3n) is 4.73. The van der Waals surface area contributed by atoms with Crippen molar-refractivity contribution in [2.75, 3.05) is 0 Å². The molecule has 1 aliphatic rings. The van der Waals surface area contributed by atoms with Crippen LogP contribution in [0.1, 0.15) is 41.5 Å². The van der Waals surface area contributed by atoms with Gasteiger partial charge in [-0.3, -0.25) is 0 Å². The molecule has 0 amide bonds. The van der Waals surface area contributed by atoms with Gasteiger partial charge >= 0.3 is 0 Å². The van der Waals surface area contributed by atoms with Crippen molar-refractivity contribution in [3.63, 3.8) is 0 Å². The maximum Gasteiger partial charge on any atom is -0.00297 e. The van der Waals surface area contributed by atoms with E-state index in [0.717, 1.165) is 0 Å². The first-order valence-corrected chi connectivity index (χ1v) is 5.68. The van der Waals surface area contributed by atoms with Crippen molar-refractivity contribution in [1.82, 2.24) is 0 Å². The van der Waals surface area contributed by atoms with Gasteiger partial charge in [0.2, 0.25) is 0 Å². The fourth-order valence-electron chi connectivity index (χ4n) is 2.26. The molecule has 0 heterocycles. The summed E-state index contributed by atoms with van der Waals surface area (Å²) in [7, 11) is 0. The molecule has 0 saturated carbocycles. The van der Waals surface area contributed by atoms with Crippen LogP contribution in [0, 0.1) is 22.7 Å². The second-order valence-electron chi connectivity index (χ2n) is 5.69. The fourth-order valence-corrected chi connectivity index (χ4v) is 2.26. The highest BCUT2D eigenvalue weighted by molar-refractivity contribution is 5.21. The summed E-state index contributed by atoms with van der Waals surface area (Å²) in [6, 6.07) is 0. The van der Waals surface area contributed by atoms with E-state index in [1.807, 2.05) is 0 Å². The molecular formula is C14H24. The molecule has 0 aromatic rings. The summed E-state index contributed by atoms with van der Waals surface area (Å²) in [5, 5.41) is 0. The lowest BCUT2D eigenvalue weighted by molar-refractivity contribution is 0.0500. The maximum absolute atomic E-state index is 2.39. The quantitative estimate of drug-likeness (QED) is 0.607.